The van der Waals surface area contributed by atoms with Crippen LogP contribution >= 0.6 is 0 Å². The summed E-state index contributed by atoms with van der Waals surface area (Å²) in [5, 5.41) is 10.6. The van der Waals surface area contributed by atoms with Crippen molar-refractivity contribution in [3.05, 3.63) is 12.7 Å². The van der Waals surface area contributed by atoms with Gasteiger partial charge in [-0.05, 0) is 25.2 Å². The van der Waals surface area contributed by atoms with E-state index in [1.807, 2.05) is 6.08 Å². The fraction of sp³-hybridized carbons (Fsp3) is 0.833. The van der Waals surface area contributed by atoms with Crippen LogP contribution in [0.2, 0.25) is 0 Å². The summed E-state index contributed by atoms with van der Waals surface area (Å²) in [6.45, 7) is 10.2. The van der Waals surface area contributed by atoms with E-state index in [-0.39, 0.29) is 5.41 Å². The van der Waals surface area contributed by atoms with Gasteiger partial charge in [-0.1, -0.05) is 33.3 Å². The monoisotopic (exact) mass is 182 g/mol. The van der Waals surface area contributed by atoms with Crippen molar-refractivity contribution in [1.82, 2.24) is 0 Å². The second-order valence-corrected chi connectivity index (χ2v) is 4.69. The first-order chi connectivity index (χ1) is 6.00. The lowest BCUT2D eigenvalue weighted by Gasteiger charge is -2.50. The molecule has 1 aliphatic carbocycles. The average Bonchev–Trinajstić information content (AvgIpc) is 2.14. The normalized spacial score (nSPS) is 46.0. The van der Waals surface area contributed by atoms with Gasteiger partial charge in [0.2, 0.25) is 0 Å². The smallest absolute Gasteiger partial charge is 0.0757 e. The van der Waals surface area contributed by atoms with Crippen molar-refractivity contribution in [1.29, 1.82) is 0 Å². The molecule has 0 heterocycles. The zero-order valence-corrected chi connectivity index (χ0v) is 9.14. The molecule has 1 rings (SSSR count). The van der Waals surface area contributed by atoms with Gasteiger partial charge in [0.25, 0.3) is 0 Å². The van der Waals surface area contributed by atoms with E-state index in [1.54, 1.807) is 0 Å². The predicted molar refractivity (Wildman–Crippen MR) is 56.6 cm³/mol. The second-order valence-electron chi connectivity index (χ2n) is 4.69. The summed E-state index contributed by atoms with van der Waals surface area (Å²) in [6.07, 6.45) is 6.22. The van der Waals surface area contributed by atoms with E-state index in [1.165, 1.54) is 6.42 Å². The highest BCUT2D eigenvalue weighted by Gasteiger charge is 2.49. The van der Waals surface area contributed by atoms with Crippen LogP contribution in [-0.4, -0.2) is 10.7 Å². The summed E-state index contributed by atoms with van der Waals surface area (Å²) < 4.78 is 0. The van der Waals surface area contributed by atoms with E-state index in [0.29, 0.717) is 5.92 Å². The van der Waals surface area contributed by atoms with Gasteiger partial charge in [0.05, 0.1) is 5.60 Å². The minimum absolute atomic E-state index is 0.0839. The van der Waals surface area contributed by atoms with Gasteiger partial charge in [0.15, 0.2) is 0 Å². The maximum Gasteiger partial charge on any atom is 0.0757 e. The molecule has 1 saturated carbocycles. The highest BCUT2D eigenvalue weighted by Crippen LogP contribution is 2.49. The molecule has 1 heteroatoms. The Hall–Kier alpha value is -0.300. The lowest BCUT2D eigenvalue weighted by atomic mass is 9.59. The molecule has 0 aromatic heterocycles. The number of hydrogen-bond acceptors (Lipinski definition) is 1. The minimum atomic E-state index is -0.535. The first-order valence-electron chi connectivity index (χ1n) is 5.36. The van der Waals surface area contributed by atoms with Crippen molar-refractivity contribution in [3.8, 4) is 0 Å². The van der Waals surface area contributed by atoms with Gasteiger partial charge in [-0.25, -0.2) is 0 Å². The molecule has 1 aliphatic rings. The first-order valence-corrected chi connectivity index (χ1v) is 5.36. The van der Waals surface area contributed by atoms with Crippen LogP contribution in [0.4, 0.5) is 0 Å². The Balaban J connectivity index is 2.99. The van der Waals surface area contributed by atoms with Gasteiger partial charge >= 0.3 is 0 Å². The van der Waals surface area contributed by atoms with E-state index in [2.05, 4.69) is 27.4 Å². The Kier molecular flexibility index (Phi) is 2.86. The van der Waals surface area contributed by atoms with Gasteiger partial charge in [0, 0.05) is 5.41 Å². The van der Waals surface area contributed by atoms with Crippen LogP contribution in [-0.2, 0) is 0 Å². The lowest BCUT2D eigenvalue weighted by Crippen LogP contribution is -2.52. The number of hydrogen-bond donors (Lipinski definition) is 1. The van der Waals surface area contributed by atoms with Crippen LogP contribution in [0.1, 0.15) is 46.5 Å². The second kappa shape index (κ2) is 3.45. The fourth-order valence-corrected chi connectivity index (χ4v) is 2.82. The third-order valence-corrected chi connectivity index (χ3v) is 4.13. The number of rotatable bonds is 2. The summed E-state index contributed by atoms with van der Waals surface area (Å²) >= 11 is 0. The Bertz CT molecular complexity index is 199. The van der Waals surface area contributed by atoms with Crippen molar-refractivity contribution in [3.63, 3.8) is 0 Å². The maximum atomic E-state index is 10.6. The highest BCUT2D eigenvalue weighted by molar-refractivity contribution is 5.09. The van der Waals surface area contributed by atoms with E-state index >= 15 is 0 Å². The molecule has 0 saturated heterocycles. The number of aliphatic hydroxyl groups is 1. The molecule has 0 spiro atoms. The molecular weight excluding hydrogens is 160 g/mol. The van der Waals surface area contributed by atoms with E-state index in [0.717, 1.165) is 19.3 Å². The molecule has 1 N–H and O–H groups in total. The zero-order chi connectivity index (χ0) is 10.1. The zero-order valence-electron chi connectivity index (χ0n) is 9.14. The van der Waals surface area contributed by atoms with Crippen molar-refractivity contribution in [2.75, 3.05) is 0 Å². The third kappa shape index (κ3) is 1.43. The SMILES string of the molecule is C=C[C@]1(C)CCC[C@@H](C)[C@@]1(O)CC. The fourth-order valence-electron chi connectivity index (χ4n) is 2.82. The van der Waals surface area contributed by atoms with E-state index in [9.17, 15) is 5.11 Å². The van der Waals surface area contributed by atoms with Crippen LogP contribution in [0.25, 0.3) is 0 Å². The molecule has 76 valence electrons. The lowest BCUT2D eigenvalue weighted by molar-refractivity contribution is -0.121. The molecule has 1 nitrogen and oxygen atoms in total. The Morgan fingerprint density at radius 1 is 1.62 bits per heavy atom. The van der Waals surface area contributed by atoms with Gasteiger partial charge in [-0.15, -0.1) is 6.58 Å². The van der Waals surface area contributed by atoms with Crippen LogP contribution in [0.3, 0.4) is 0 Å². The summed E-state index contributed by atoms with van der Waals surface area (Å²) in [5.41, 5.74) is -0.619. The summed E-state index contributed by atoms with van der Waals surface area (Å²) in [4.78, 5) is 0. The van der Waals surface area contributed by atoms with Crippen LogP contribution < -0.4 is 0 Å². The molecule has 0 unspecified atom stereocenters. The molecule has 1 fully saturated rings. The largest absolute Gasteiger partial charge is 0.389 e. The van der Waals surface area contributed by atoms with E-state index < -0.39 is 5.60 Å². The standard InChI is InChI=1S/C12H22O/c1-5-11(4)9-7-8-10(3)12(11,13)6-2/h5,10,13H,1,6-9H2,2-4H3/t10-,11-,12+/m1/s1. The third-order valence-electron chi connectivity index (χ3n) is 4.13. The Labute approximate surface area is 81.9 Å². The molecular formula is C12H22O. The molecule has 13 heavy (non-hydrogen) atoms. The van der Waals surface area contributed by atoms with Crippen LogP contribution in [0, 0.1) is 11.3 Å². The molecule has 0 bridgehead atoms. The van der Waals surface area contributed by atoms with Gasteiger partial charge < -0.3 is 5.11 Å². The first kappa shape index (κ1) is 10.8. The van der Waals surface area contributed by atoms with Crippen LogP contribution in [0.15, 0.2) is 12.7 Å². The van der Waals surface area contributed by atoms with E-state index in [4.69, 9.17) is 0 Å². The molecule has 0 aliphatic heterocycles. The minimum Gasteiger partial charge on any atom is -0.389 e. The van der Waals surface area contributed by atoms with Crippen molar-refractivity contribution >= 4 is 0 Å². The Morgan fingerprint density at radius 3 is 2.62 bits per heavy atom. The van der Waals surface area contributed by atoms with Gasteiger partial charge in [-0.2, -0.15) is 0 Å². The molecule has 0 radical (unpaired) electrons. The molecule has 3 atom stereocenters. The average molecular weight is 182 g/mol. The molecule has 0 amide bonds. The van der Waals surface area contributed by atoms with Gasteiger partial charge in [-0.3, -0.25) is 0 Å². The summed E-state index contributed by atoms with van der Waals surface area (Å²) in [5.74, 6) is 0.397. The summed E-state index contributed by atoms with van der Waals surface area (Å²) in [6, 6.07) is 0. The maximum absolute atomic E-state index is 10.6. The van der Waals surface area contributed by atoms with Crippen molar-refractivity contribution < 1.29 is 5.11 Å². The Morgan fingerprint density at radius 2 is 2.23 bits per heavy atom. The molecule has 0 aromatic rings. The predicted octanol–water partition coefficient (Wildman–Crippen LogP) is 3.14. The highest BCUT2D eigenvalue weighted by atomic mass is 16.3. The molecule has 0 aromatic carbocycles. The quantitative estimate of drug-likeness (QED) is 0.650. The topological polar surface area (TPSA) is 20.2 Å². The van der Waals surface area contributed by atoms with Crippen LogP contribution in [0.5, 0.6) is 0 Å². The van der Waals surface area contributed by atoms with Gasteiger partial charge in [0.1, 0.15) is 0 Å². The summed E-state index contributed by atoms with van der Waals surface area (Å²) in [7, 11) is 0. The van der Waals surface area contributed by atoms with Crippen molar-refractivity contribution in [2.45, 2.75) is 52.1 Å². The van der Waals surface area contributed by atoms with Crippen molar-refractivity contribution in [2.24, 2.45) is 11.3 Å².